The van der Waals surface area contributed by atoms with Gasteiger partial charge in [0, 0.05) is 18.7 Å². The van der Waals surface area contributed by atoms with Crippen molar-refractivity contribution in [3.63, 3.8) is 0 Å². The van der Waals surface area contributed by atoms with Gasteiger partial charge in [-0.05, 0) is 49.8 Å². The quantitative estimate of drug-likeness (QED) is 0.900. The zero-order valence-electron chi connectivity index (χ0n) is 12.6. The summed E-state index contributed by atoms with van der Waals surface area (Å²) in [6.07, 6.45) is 2.36. The van der Waals surface area contributed by atoms with Crippen molar-refractivity contribution in [1.29, 1.82) is 0 Å². The second-order valence-corrected chi connectivity index (χ2v) is 6.04. The zero-order chi connectivity index (χ0) is 13.9. The first-order chi connectivity index (χ1) is 9.02. The van der Waals surface area contributed by atoms with Crippen molar-refractivity contribution >= 4 is 18.3 Å². The monoisotopic (exact) mass is 296 g/mol. The predicted octanol–water partition coefficient (Wildman–Crippen LogP) is 2.84. The average molecular weight is 297 g/mol. The first kappa shape index (κ1) is 17.0. The minimum atomic E-state index is 0. The molecule has 2 N–H and O–H groups in total. The van der Waals surface area contributed by atoms with Crippen molar-refractivity contribution in [2.75, 3.05) is 19.6 Å². The highest BCUT2D eigenvalue weighted by Crippen LogP contribution is 2.24. The van der Waals surface area contributed by atoms with Crippen LogP contribution in [0, 0.1) is 19.3 Å². The Morgan fingerprint density at radius 1 is 1.35 bits per heavy atom. The lowest BCUT2D eigenvalue weighted by molar-refractivity contribution is 0.0923. The van der Waals surface area contributed by atoms with Crippen LogP contribution in [0.3, 0.4) is 0 Å². The second kappa shape index (κ2) is 7.09. The van der Waals surface area contributed by atoms with Crippen LogP contribution >= 0.6 is 12.4 Å². The van der Waals surface area contributed by atoms with Gasteiger partial charge in [-0.1, -0.05) is 25.1 Å². The van der Waals surface area contributed by atoms with Crippen LogP contribution in [-0.4, -0.2) is 25.5 Å². The average Bonchev–Trinajstić information content (AvgIpc) is 2.37. The third kappa shape index (κ3) is 3.97. The van der Waals surface area contributed by atoms with E-state index in [1.54, 1.807) is 0 Å². The van der Waals surface area contributed by atoms with Crippen molar-refractivity contribution in [3.05, 3.63) is 34.9 Å². The number of benzene rings is 1. The number of nitrogens with one attached hydrogen (secondary N) is 2. The second-order valence-electron chi connectivity index (χ2n) is 6.04. The Bertz CT molecular complexity index is 447. The molecule has 0 saturated carbocycles. The summed E-state index contributed by atoms with van der Waals surface area (Å²) in [5.74, 6) is 0.0578. The molecule has 0 aliphatic carbocycles. The Morgan fingerprint density at radius 3 is 2.55 bits per heavy atom. The first-order valence-corrected chi connectivity index (χ1v) is 7.07. The fourth-order valence-electron chi connectivity index (χ4n) is 2.82. The van der Waals surface area contributed by atoms with E-state index in [-0.39, 0.29) is 23.7 Å². The molecule has 1 aliphatic rings. The van der Waals surface area contributed by atoms with Gasteiger partial charge in [-0.15, -0.1) is 12.4 Å². The first-order valence-electron chi connectivity index (χ1n) is 7.07. The molecule has 2 rings (SSSR count). The van der Waals surface area contributed by atoms with Gasteiger partial charge in [0.05, 0.1) is 0 Å². The van der Waals surface area contributed by atoms with Gasteiger partial charge < -0.3 is 10.6 Å². The van der Waals surface area contributed by atoms with Gasteiger partial charge in [0.2, 0.25) is 0 Å². The van der Waals surface area contributed by atoms with Crippen LogP contribution < -0.4 is 10.6 Å². The number of rotatable bonds is 3. The number of amides is 1. The summed E-state index contributed by atoms with van der Waals surface area (Å²) in [5, 5.41) is 6.52. The van der Waals surface area contributed by atoms with Crippen LogP contribution in [0.1, 0.15) is 41.3 Å². The number of halogens is 1. The van der Waals surface area contributed by atoms with Crippen molar-refractivity contribution in [3.8, 4) is 0 Å². The predicted molar refractivity (Wildman–Crippen MR) is 85.7 cm³/mol. The third-order valence-electron chi connectivity index (χ3n) is 4.07. The number of carbonyl (C=O) groups is 1. The van der Waals surface area contributed by atoms with Crippen LogP contribution in [-0.2, 0) is 0 Å². The molecule has 1 amide bonds. The summed E-state index contributed by atoms with van der Waals surface area (Å²) < 4.78 is 0. The van der Waals surface area contributed by atoms with Crippen molar-refractivity contribution in [2.45, 2.75) is 33.6 Å². The molecule has 0 spiro atoms. The van der Waals surface area contributed by atoms with Gasteiger partial charge >= 0.3 is 0 Å². The lowest BCUT2D eigenvalue weighted by Crippen LogP contribution is -2.45. The Morgan fingerprint density at radius 2 is 2.00 bits per heavy atom. The summed E-state index contributed by atoms with van der Waals surface area (Å²) in [6, 6.07) is 5.98. The van der Waals surface area contributed by atoms with E-state index in [1.807, 2.05) is 32.0 Å². The Labute approximate surface area is 127 Å². The van der Waals surface area contributed by atoms with E-state index in [1.165, 1.54) is 12.8 Å². The van der Waals surface area contributed by atoms with Gasteiger partial charge in [0.15, 0.2) is 0 Å². The lowest BCUT2D eigenvalue weighted by atomic mass is 9.82. The molecule has 1 heterocycles. The SMILES string of the molecule is Cc1cccc(C)c1C(=O)NCC1(C)CCCNC1.Cl. The molecule has 1 unspecified atom stereocenters. The van der Waals surface area contributed by atoms with Crippen molar-refractivity contribution < 1.29 is 4.79 Å². The van der Waals surface area contributed by atoms with Gasteiger partial charge in [-0.25, -0.2) is 0 Å². The van der Waals surface area contributed by atoms with Crippen LogP contribution in [0.2, 0.25) is 0 Å². The molecule has 1 aliphatic heterocycles. The molecule has 3 nitrogen and oxygen atoms in total. The largest absolute Gasteiger partial charge is 0.351 e. The van der Waals surface area contributed by atoms with E-state index in [2.05, 4.69) is 17.6 Å². The molecule has 1 aromatic carbocycles. The summed E-state index contributed by atoms with van der Waals surface area (Å²) >= 11 is 0. The number of piperidine rings is 1. The Hall–Kier alpha value is -1.06. The van der Waals surface area contributed by atoms with Crippen LogP contribution in [0.4, 0.5) is 0 Å². The standard InChI is InChI=1S/C16H24N2O.ClH/c1-12-6-4-7-13(2)14(12)15(19)18-11-16(3)8-5-9-17-10-16;/h4,6-7,17H,5,8-11H2,1-3H3,(H,18,19);1H. The molecule has 4 heteroatoms. The van der Waals surface area contributed by atoms with Crippen LogP contribution in [0.5, 0.6) is 0 Å². The van der Waals surface area contributed by atoms with E-state index in [0.29, 0.717) is 0 Å². The maximum atomic E-state index is 12.3. The lowest BCUT2D eigenvalue weighted by Gasteiger charge is -2.34. The van der Waals surface area contributed by atoms with Crippen LogP contribution in [0.25, 0.3) is 0 Å². The van der Waals surface area contributed by atoms with Crippen molar-refractivity contribution in [1.82, 2.24) is 10.6 Å². The summed E-state index contributed by atoms with van der Waals surface area (Å²) in [5.41, 5.74) is 3.11. The third-order valence-corrected chi connectivity index (χ3v) is 4.07. The molecular weight excluding hydrogens is 272 g/mol. The van der Waals surface area contributed by atoms with E-state index >= 15 is 0 Å². The topological polar surface area (TPSA) is 41.1 Å². The van der Waals surface area contributed by atoms with E-state index in [4.69, 9.17) is 0 Å². The fraction of sp³-hybridized carbons (Fsp3) is 0.562. The highest BCUT2D eigenvalue weighted by Gasteiger charge is 2.27. The number of hydrogen-bond acceptors (Lipinski definition) is 2. The minimum Gasteiger partial charge on any atom is -0.351 e. The van der Waals surface area contributed by atoms with Gasteiger partial charge in [0.1, 0.15) is 0 Å². The Kier molecular flexibility index (Phi) is 6.03. The molecule has 0 aromatic heterocycles. The summed E-state index contributed by atoms with van der Waals surface area (Å²) in [4.78, 5) is 12.3. The molecule has 1 fully saturated rings. The summed E-state index contributed by atoms with van der Waals surface area (Å²) in [6.45, 7) is 9.05. The highest BCUT2D eigenvalue weighted by atomic mass is 35.5. The fourth-order valence-corrected chi connectivity index (χ4v) is 2.82. The molecule has 1 atom stereocenters. The van der Waals surface area contributed by atoms with Crippen LogP contribution in [0.15, 0.2) is 18.2 Å². The summed E-state index contributed by atoms with van der Waals surface area (Å²) in [7, 11) is 0. The highest BCUT2D eigenvalue weighted by molar-refractivity contribution is 5.97. The van der Waals surface area contributed by atoms with Gasteiger partial charge in [-0.3, -0.25) is 4.79 Å². The normalized spacial score (nSPS) is 21.9. The number of hydrogen-bond donors (Lipinski definition) is 2. The molecule has 1 aromatic rings. The molecule has 0 radical (unpaired) electrons. The van der Waals surface area contributed by atoms with Gasteiger partial charge in [-0.2, -0.15) is 0 Å². The number of aryl methyl sites for hydroxylation is 2. The molecule has 1 saturated heterocycles. The smallest absolute Gasteiger partial charge is 0.251 e. The van der Waals surface area contributed by atoms with Gasteiger partial charge in [0.25, 0.3) is 5.91 Å². The zero-order valence-corrected chi connectivity index (χ0v) is 13.4. The van der Waals surface area contributed by atoms with E-state index in [9.17, 15) is 4.79 Å². The maximum absolute atomic E-state index is 12.3. The molecule has 0 bridgehead atoms. The number of carbonyl (C=O) groups excluding carboxylic acids is 1. The van der Waals surface area contributed by atoms with E-state index < -0.39 is 0 Å². The minimum absolute atomic E-state index is 0. The maximum Gasteiger partial charge on any atom is 0.251 e. The molecular formula is C16H25ClN2O. The van der Waals surface area contributed by atoms with E-state index in [0.717, 1.165) is 36.3 Å². The molecule has 20 heavy (non-hydrogen) atoms. The molecule has 112 valence electrons. The van der Waals surface area contributed by atoms with Crippen molar-refractivity contribution in [2.24, 2.45) is 5.41 Å². The Balaban J connectivity index is 0.00000200.